The molecule has 42 heavy (non-hydrogen) atoms. The minimum absolute atomic E-state index is 0.00269. The van der Waals surface area contributed by atoms with Gasteiger partial charge in [0, 0.05) is 56.7 Å². The highest BCUT2D eigenvalue weighted by atomic mass is 35.5. The Morgan fingerprint density at radius 1 is 0.929 bits per heavy atom. The molecular formula is C31H31ClFN5O3S. The summed E-state index contributed by atoms with van der Waals surface area (Å²) in [4.78, 5) is 22.1. The molecule has 0 radical (unpaired) electrons. The SMILES string of the molecule is O=C(c1ccc(F)cc1Cl)N1C[C@H]2CC[C@@H](C1)N2c1cc(S(=O)(=O)N2CCC(c3ccccc3)CC2)cc2nccn12. The number of halogens is 2. The number of carbonyl (C=O) groups excluding carboxylic acids is 1. The van der Waals surface area contributed by atoms with Crippen molar-refractivity contribution in [1.29, 1.82) is 0 Å². The van der Waals surface area contributed by atoms with Gasteiger partial charge in [0.15, 0.2) is 0 Å². The van der Waals surface area contributed by atoms with E-state index in [0.29, 0.717) is 37.7 Å². The summed E-state index contributed by atoms with van der Waals surface area (Å²) in [5, 5.41) is 0.0978. The van der Waals surface area contributed by atoms with Crippen LogP contribution in [0.5, 0.6) is 0 Å². The number of carbonyl (C=O) groups is 1. The molecule has 8 nitrogen and oxygen atoms in total. The number of rotatable bonds is 5. The second-order valence-electron chi connectivity index (χ2n) is 11.4. The molecule has 0 aliphatic carbocycles. The van der Waals surface area contributed by atoms with Crippen molar-refractivity contribution >= 4 is 39.0 Å². The normalized spacial score (nSPS) is 21.8. The summed E-state index contributed by atoms with van der Waals surface area (Å²) in [7, 11) is -3.74. The zero-order valence-electron chi connectivity index (χ0n) is 22.9. The van der Waals surface area contributed by atoms with Crippen molar-refractivity contribution in [2.24, 2.45) is 0 Å². The van der Waals surface area contributed by atoms with E-state index in [1.165, 1.54) is 17.7 Å². The number of amides is 1. The summed E-state index contributed by atoms with van der Waals surface area (Å²) < 4.78 is 45.0. The zero-order chi connectivity index (χ0) is 29.0. The minimum atomic E-state index is -3.74. The van der Waals surface area contributed by atoms with Gasteiger partial charge in [-0.3, -0.25) is 9.20 Å². The van der Waals surface area contributed by atoms with Gasteiger partial charge in [0.25, 0.3) is 5.91 Å². The van der Waals surface area contributed by atoms with Crippen LogP contribution >= 0.6 is 11.6 Å². The average molecular weight is 608 g/mol. The predicted octanol–water partition coefficient (Wildman–Crippen LogP) is 5.19. The number of piperidine rings is 1. The maximum atomic E-state index is 13.9. The third-order valence-electron chi connectivity index (χ3n) is 9.02. The highest BCUT2D eigenvalue weighted by Gasteiger charge is 2.43. The number of imidazole rings is 1. The Morgan fingerprint density at radius 2 is 1.64 bits per heavy atom. The Balaban J connectivity index is 1.15. The number of hydrogen-bond donors (Lipinski definition) is 0. The van der Waals surface area contributed by atoms with Crippen molar-refractivity contribution < 1.29 is 17.6 Å². The molecule has 2 aromatic carbocycles. The first kappa shape index (κ1) is 27.4. The number of nitrogens with zero attached hydrogens (tertiary/aromatic N) is 5. The van der Waals surface area contributed by atoms with Gasteiger partial charge in [0.2, 0.25) is 10.0 Å². The van der Waals surface area contributed by atoms with Crippen LogP contribution in [0.25, 0.3) is 5.65 Å². The van der Waals surface area contributed by atoms with E-state index in [2.05, 4.69) is 22.0 Å². The Labute approximate surface area is 249 Å². The van der Waals surface area contributed by atoms with Gasteiger partial charge in [-0.05, 0) is 61.4 Å². The monoisotopic (exact) mass is 607 g/mol. The fourth-order valence-corrected chi connectivity index (χ4v) is 8.66. The highest BCUT2D eigenvalue weighted by Crippen LogP contribution is 2.38. The minimum Gasteiger partial charge on any atom is -0.348 e. The average Bonchev–Trinajstić information content (AvgIpc) is 3.58. The summed E-state index contributed by atoms with van der Waals surface area (Å²) in [6, 6.07) is 17.5. The summed E-state index contributed by atoms with van der Waals surface area (Å²) in [6.07, 6.45) is 6.82. The first-order valence-corrected chi connectivity index (χ1v) is 16.2. The molecule has 3 fully saturated rings. The highest BCUT2D eigenvalue weighted by molar-refractivity contribution is 7.89. The van der Waals surface area contributed by atoms with E-state index in [1.54, 1.807) is 27.5 Å². The maximum Gasteiger partial charge on any atom is 0.255 e. The molecule has 0 N–H and O–H groups in total. The van der Waals surface area contributed by atoms with Crippen LogP contribution in [0, 0.1) is 5.82 Å². The molecule has 2 aromatic heterocycles. The lowest BCUT2D eigenvalue weighted by atomic mass is 9.90. The third-order valence-corrected chi connectivity index (χ3v) is 11.2. The van der Waals surface area contributed by atoms with E-state index in [0.717, 1.165) is 37.6 Å². The molecule has 3 aliphatic rings. The Morgan fingerprint density at radius 3 is 2.33 bits per heavy atom. The Kier molecular flexibility index (Phi) is 6.95. The lowest BCUT2D eigenvalue weighted by molar-refractivity contribution is 0.0717. The van der Waals surface area contributed by atoms with Crippen molar-refractivity contribution in [2.45, 2.75) is 48.6 Å². The number of likely N-dealkylation sites (tertiary alicyclic amines) is 1. The topological polar surface area (TPSA) is 78.2 Å². The molecule has 0 saturated carbocycles. The van der Waals surface area contributed by atoms with Gasteiger partial charge in [0.1, 0.15) is 17.3 Å². The van der Waals surface area contributed by atoms with E-state index in [4.69, 9.17) is 11.6 Å². The summed E-state index contributed by atoms with van der Waals surface area (Å²) in [5.41, 5.74) is 2.11. The molecule has 3 aliphatic heterocycles. The van der Waals surface area contributed by atoms with Crippen molar-refractivity contribution in [3.63, 3.8) is 0 Å². The third kappa shape index (κ3) is 4.75. The van der Waals surface area contributed by atoms with Gasteiger partial charge in [-0.1, -0.05) is 41.9 Å². The Hall–Kier alpha value is -3.47. The van der Waals surface area contributed by atoms with Gasteiger partial charge >= 0.3 is 0 Å². The number of pyridine rings is 1. The van der Waals surface area contributed by atoms with Gasteiger partial charge < -0.3 is 9.80 Å². The maximum absolute atomic E-state index is 13.9. The van der Waals surface area contributed by atoms with E-state index in [9.17, 15) is 17.6 Å². The fourth-order valence-electron chi connectivity index (χ4n) is 6.91. The van der Waals surface area contributed by atoms with Crippen LogP contribution in [0.3, 0.4) is 0 Å². The second kappa shape index (κ2) is 10.7. The van der Waals surface area contributed by atoms with E-state index in [1.807, 2.05) is 28.8 Å². The molecule has 5 heterocycles. The summed E-state index contributed by atoms with van der Waals surface area (Å²) in [6.45, 7) is 1.86. The molecule has 218 valence electrons. The molecule has 0 spiro atoms. The molecule has 11 heteroatoms. The first-order chi connectivity index (χ1) is 20.3. The number of aromatic nitrogens is 2. The zero-order valence-corrected chi connectivity index (χ0v) is 24.5. The van der Waals surface area contributed by atoms with E-state index >= 15 is 0 Å². The molecule has 0 unspecified atom stereocenters. The quantitative estimate of drug-likeness (QED) is 0.312. The number of sulfonamides is 1. The van der Waals surface area contributed by atoms with Crippen molar-refractivity contribution in [1.82, 2.24) is 18.6 Å². The molecule has 2 atom stereocenters. The lowest BCUT2D eigenvalue weighted by Gasteiger charge is -2.42. The number of fused-ring (bicyclic) bond motifs is 3. The predicted molar refractivity (Wildman–Crippen MR) is 159 cm³/mol. The molecule has 2 bridgehead atoms. The van der Waals surface area contributed by atoms with Crippen molar-refractivity contribution in [3.05, 3.63) is 95.0 Å². The van der Waals surface area contributed by atoms with Gasteiger partial charge in [-0.2, -0.15) is 4.31 Å². The first-order valence-electron chi connectivity index (χ1n) is 14.3. The molecule has 1 amide bonds. The number of anilines is 1. The van der Waals surface area contributed by atoms with E-state index in [-0.39, 0.29) is 33.5 Å². The van der Waals surface area contributed by atoms with Crippen LogP contribution in [-0.4, -0.2) is 71.2 Å². The molecule has 3 saturated heterocycles. The molecular weight excluding hydrogens is 577 g/mol. The fraction of sp³-hybridized carbons (Fsp3) is 0.355. The summed E-state index contributed by atoms with van der Waals surface area (Å²) in [5.74, 6) is 0.408. The van der Waals surface area contributed by atoms with Crippen LogP contribution in [-0.2, 0) is 10.0 Å². The smallest absolute Gasteiger partial charge is 0.255 e. The molecule has 4 aromatic rings. The molecule has 7 rings (SSSR count). The lowest BCUT2D eigenvalue weighted by Crippen LogP contribution is -2.56. The van der Waals surface area contributed by atoms with Crippen molar-refractivity contribution in [2.75, 3.05) is 31.1 Å². The van der Waals surface area contributed by atoms with Crippen LogP contribution in [0.1, 0.15) is 47.5 Å². The van der Waals surface area contributed by atoms with E-state index < -0.39 is 15.8 Å². The van der Waals surface area contributed by atoms with Gasteiger partial charge in [-0.25, -0.2) is 17.8 Å². The van der Waals surface area contributed by atoms with Crippen LogP contribution < -0.4 is 4.90 Å². The number of piperazine rings is 1. The number of hydrogen-bond acceptors (Lipinski definition) is 5. The van der Waals surface area contributed by atoms with Gasteiger partial charge in [0.05, 0.1) is 15.5 Å². The Bertz CT molecular complexity index is 1740. The van der Waals surface area contributed by atoms with Crippen LogP contribution in [0.15, 0.2) is 78.0 Å². The van der Waals surface area contributed by atoms with Crippen molar-refractivity contribution in [3.8, 4) is 0 Å². The largest absolute Gasteiger partial charge is 0.348 e. The summed E-state index contributed by atoms with van der Waals surface area (Å²) >= 11 is 6.20. The van der Waals surface area contributed by atoms with Crippen LogP contribution in [0.4, 0.5) is 10.2 Å². The van der Waals surface area contributed by atoms with Crippen LogP contribution in [0.2, 0.25) is 5.02 Å². The van der Waals surface area contributed by atoms with Gasteiger partial charge in [-0.15, -0.1) is 0 Å². The number of benzene rings is 2. The standard InChI is InChI=1S/C31H31ClFN5O3S/c32-28-16-23(33)6-9-27(28)31(39)35-19-24-7-8-25(20-35)38(24)30-18-26(17-29-34-12-15-37(29)30)42(40,41)36-13-10-22(11-14-36)21-4-2-1-3-5-21/h1-6,9,12,15-18,22,24-25H,7-8,10-11,13-14,19-20H2/t24-,25+. The second-order valence-corrected chi connectivity index (χ2v) is 13.8.